The Balaban J connectivity index is 1.18. The Morgan fingerprint density at radius 1 is 1.10 bits per heavy atom. The predicted molar refractivity (Wildman–Crippen MR) is 170 cm³/mol. The molecule has 6 nitrogen and oxygen atoms in total. The van der Waals surface area contributed by atoms with Gasteiger partial charge in [-0.3, -0.25) is 0 Å². The monoisotopic (exact) mass is 583 g/mol. The van der Waals surface area contributed by atoms with E-state index in [2.05, 4.69) is 40.8 Å². The van der Waals surface area contributed by atoms with Crippen LogP contribution >= 0.6 is 11.6 Å². The molecule has 7 heteroatoms. The molecule has 6 rings (SSSR count). The van der Waals surface area contributed by atoms with Crippen molar-refractivity contribution in [3.05, 3.63) is 88.7 Å². The van der Waals surface area contributed by atoms with Crippen molar-refractivity contribution in [2.24, 2.45) is 11.3 Å². The van der Waals surface area contributed by atoms with Gasteiger partial charge in [0.25, 0.3) is 0 Å². The first-order valence-electron chi connectivity index (χ1n) is 14.8. The number of piperidine rings is 1. The van der Waals surface area contributed by atoms with Gasteiger partial charge in [0, 0.05) is 41.4 Å². The summed E-state index contributed by atoms with van der Waals surface area (Å²) >= 11 is 6.21. The molecule has 1 N–H and O–H groups in total. The van der Waals surface area contributed by atoms with Crippen LogP contribution in [-0.4, -0.2) is 36.1 Å². The minimum absolute atomic E-state index is 0.321. The van der Waals surface area contributed by atoms with E-state index in [0.717, 1.165) is 60.5 Å². The van der Waals surface area contributed by atoms with Crippen molar-refractivity contribution in [3.8, 4) is 11.5 Å². The van der Waals surface area contributed by atoms with E-state index in [1.54, 1.807) is 17.8 Å². The second-order valence-electron chi connectivity index (χ2n) is 12.4. The average Bonchev–Trinajstić information content (AvgIpc) is 3.46. The van der Waals surface area contributed by atoms with Gasteiger partial charge in [-0.25, -0.2) is 9.78 Å². The minimum Gasteiger partial charge on any atom is -0.465 e. The molecule has 42 heavy (non-hydrogen) atoms. The zero-order valence-corrected chi connectivity index (χ0v) is 25.3. The number of anilines is 1. The van der Waals surface area contributed by atoms with Crippen molar-refractivity contribution in [3.63, 3.8) is 0 Å². The highest BCUT2D eigenvalue weighted by Gasteiger charge is 2.30. The normalized spacial score (nSPS) is 17.5. The third kappa shape index (κ3) is 6.19. The lowest BCUT2D eigenvalue weighted by atomic mass is 9.70. The fraction of sp³-hybridized carbons (Fsp3) is 0.371. The Morgan fingerprint density at radius 2 is 1.88 bits per heavy atom. The maximum absolute atomic E-state index is 12.6. The van der Waals surface area contributed by atoms with E-state index in [1.807, 2.05) is 42.6 Å². The van der Waals surface area contributed by atoms with Gasteiger partial charge in [0.15, 0.2) is 0 Å². The summed E-state index contributed by atoms with van der Waals surface area (Å²) in [7, 11) is 1.39. The number of ether oxygens (including phenoxy) is 2. The number of hydrogen-bond donors (Lipinski definition) is 1. The number of aromatic amines is 1. The van der Waals surface area contributed by atoms with Crippen LogP contribution < -0.4 is 9.64 Å². The number of nitrogens with zero attached hydrogens (tertiary/aromatic N) is 2. The van der Waals surface area contributed by atoms with E-state index < -0.39 is 5.97 Å². The van der Waals surface area contributed by atoms with Crippen LogP contribution in [0.1, 0.15) is 68.3 Å². The number of allylic oxidation sites excluding steroid dienone is 2. The molecule has 4 aromatic rings. The zero-order chi connectivity index (χ0) is 29.3. The third-order valence-corrected chi connectivity index (χ3v) is 9.12. The summed E-state index contributed by atoms with van der Waals surface area (Å²) in [4.78, 5) is 22.5. The summed E-state index contributed by atoms with van der Waals surface area (Å²) in [6.07, 6.45) is 10.4. The predicted octanol–water partition coefficient (Wildman–Crippen LogP) is 9.07. The lowest BCUT2D eigenvalue weighted by Crippen LogP contribution is -2.34. The van der Waals surface area contributed by atoms with E-state index >= 15 is 0 Å². The Labute approximate surface area is 252 Å². The molecule has 2 aliphatic rings. The molecule has 0 spiro atoms. The summed E-state index contributed by atoms with van der Waals surface area (Å²) in [5, 5.41) is 1.73. The van der Waals surface area contributed by atoms with Crippen molar-refractivity contribution < 1.29 is 14.3 Å². The molecule has 1 aliphatic carbocycles. The topological polar surface area (TPSA) is 67.4 Å². The Hall–Kier alpha value is -3.77. The second kappa shape index (κ2) is 11.8. The lowest BCUT2D eigenvalue weighted by molar-refractivity contribution is 0.0598. The third-order valence-electron chi connectivity index (χ3n) is 8.87. The molecule has 2 aromatic carbocycles. The number of rotatable bonds is 7. The van der Waals surface area contributed by atoms with Gasteiger partial charge in [-0.15, -0.1) is 0 Å². The van der Waals surface area contributed by atoms with Gasteiger partial charge in [-0.1, -0.05) is 43.2 Å². The highest BCUT2D eigenvalue weighted by Crippen LogP contribution is 2.46. The lowest BCUT2D eigenvalue weighted by Gasteiger charge is -2.37. The van der Waals surface area contributed by atoms with Crippen LogP contribution in [0.3, 0.4) is 0 Å². The molecule has 3 heterocycles. The van der Waals surface area contributed by atoms with Gasteiger partial charge < -0.3 is 19.4 Å². The summed E-state index contributed by atoms with van der Waals surface area (Å²) < 4.78 is 11.3. The molecule has 0 bridgehead atoms. The number of hydrogen-bond acceptors (Lipinski definition) is 5. The smallest absolute Gasteiger partial charge is 0.341 e. The quantitative estimate of drug-likeness (QED) is 0.220. The van der Waals surface area contributed by atoms with E-state index in [4.69, 9.17) is 21.1 Å². The summed E-state index contributed by atoms with van der Waals surface area (Å²) in [6.45, 7) is 6.70. The number of carbonyl (C=O) groups is 1. The van der Waals surface area contributed by atoms with Gasteiger partial charge in [0.2, 0.25) is 0 Å². The average molecular weight is 584 g/mol. The van der Waals surface area contributed by atoms with Crippen LogP contribution in [0.5, 0.6) is 11.5 Å². The van der Waals surface area contributed by atoms with Crippen LogP contribution in [0.15, 0.2) is 72.6 Å². The van der Waals surface area contributed by atoms with Crippen molar-refractivity contribution >= 4 is 39.9 Å². The van der Waals surface area contributed by atoms with Gasteiger partial charge in [0.1, 0.15) is 22.7 Å². The van der Waals surface area contributed by atoms with Crippen LogP contribution in [0.25, 0.3) is 16.6 Å². The molecule has 1 saturated heterocycles. The first-order valence-corrected chi connectivity index (χ1v) is 15.2. The zero-order valence-electron chi connectivity index (χ0n) is 24.6. The fourth-order valence-corrected chi connectivity index (χ4v) is 6.56. The Bertz CT molecular complexity index is 1610. The molecule has 1 aliphatic heterocycles. The molecule has 2 aromatic heterocycles. The van der Waals surface area contributed by atoms with E-state index in [1.165, 1.54) is 31.1 Å². The van der Waals surface area contributed by atoms with Crippen LogP contribution in [-0.2, 0) is 4.74 Å². The number of aromatic nitrogens is 2. The van der Waals surface area contributed by atoms with Crippen molar-refractivity contribution in [2.75, 3.05) is 25.1 Å². The molecular weight excluding hydrogens is 546 g/mol. The number of halogens is 1. The number of fused-ring (bicyclic) bond motifs is 1. The highest BCUT2D eigenvalue weighted by atomic mass is 35.5. The number of carbonyl (C=O) groups excluding carboxylic acids is 1. The molecule has 218 valence electrons. The Morgan fingerprint density at radius 3 is 2.64 bits per heavy atom. The molecule has 0 radical (unpaired) electrons. The van der Waals surface area contributed by atoms with Crippen LogP contribution in [0.2, 0.25) is 5.02 Å². The summed E-state index contributed by atoms with van der Waals surface area (Å²) in [5.41, 5.74) is 7.03. The number of benzene rings is 2. The first kappa shape index (κ1) is 28.4. The molecule has 0 saturated carbocycles. The molecule has 0 amide bonds. The van der Waals surface area contributed by atoms with Gasteiger partial charge in [-0.2, -0.15) is 0 Å². The summed E-state index contributed by atoms with van der Waals surface area (Å²) in [6, 6.07) is 18.0. The Kier molecular flexibility index (Phi) is 8.00. The molecular formula is C35H38ClN3O3. The number of nitrogens with one attached hydrogen (secondary N) is 1. The number of esters is 1. The van der Waals surface area contributed by atoms with Crippen molar-refractivity contribution in [1.82, 2.24) is 9.97 Å². The highest BCUT2D eigenvalue weighted by molar-refractivity contribution is 6.30. The maximum atomic E-state index is 12.6. The first-order chi connectivity index (χ1) is 20.3. The standard InChI is InChI=1S/C35H38ClN3O3/c1-35(2)14-10-25(31(21-35)24-4-6-27(36)7-5-24)18-23-12-16-39(17-13-23)28-8-9-30(34(40)41-3)32(20-28)42-29-19-26-11-15-37-33(26)38-22-29/h4-9,11,15,19-20,22-23H,10,12-14,16-18,21H2,1-3H3,(H,37,38). The SMILES string of the molecule is COC(=O)c1ccc(N2CCC(CC3=C(c4ccc(Cl)cc4)CC(C)(C)CC3)CC2)cc1Oc1cnc2[nH]ccc2c1. The molecule has 0 atom stereocenters. The largest absolute Gasteiger partial charge is 0.465 e. The van der Waals surface area contributed by atoms with Crippen molar-refractivity contribution in [1.29, 1.82) is 0 Å². The van der Waals surface area contributed by atoms with E-state index in [0.29, 0.717) is 28.4 Å². The molecule has 0 unspecified atom stereocenters. The van der Waals surface area contributed by atoms with Gasteiger partial charge in [-0.05, 0) is 97.4 Å². The minimum atomic E-state index is -0.425. The van der Waals surface area contributed by atoms with E-state index in [-0.39, 0.29) is 0 Å². The number of methoxy groups -OCH3 is 1. The maximum Gasteiger partial charge on any atom is 0.341 e. The van der Waals surface area contributed by atoms with E-state index in [9.17, 15) is 4.79 Å². The summed E-state index contributed by atoms with van der Waals surface area (Å²) in [5.74, 6) is 1.28. The van der Waals surface area contributed by atoms with Gasteiger partial charge >= 0.3 is 5.97 Å². The van der Waals surface area contributed by atoms with Crippen molar-refractivity contribution in [2.45, 2.75) is 52.4 Å². The molecule has 1 fully saturated rings. The van der Waals surface area contributed by atoms with Gasteiger partial charge in [0.05, 0.1) is 13.3 Å². The number of pyridine rings is 1. The number of H-pyrrole nitrogens is 1. The van der Waals surface area contributed by atoms with Crippen LogP contribution in [0.4, 0.5) is 5.69 Å². The second-order valence-corrected chi connectivity index (χ2v) is 12.9. The fourth-order valence-electron chi connectivity index (χ4n) is 6.43. The van der Waals surface area contributed by atoms with Crippen LogP contribution in [0, 0.1) is 11.3 Å².